The van der Waals surface area contributed by atoms with Crippen molar-refractivity contribution in [3.8, 4) is 17.2 Å². The number of amides is 1. The number of carbonyl (C=O) groups excluding carboxylic acids is 4. The molecule has 0 saturated heterocycles. The number of ether oxygens (including phenoxy) is 2. The van der Waals surface area contributed by atoms with Gasteiger partial charge in [-0.15, -0.1) is 0 Å². The molecule has 0 saturated carbocycles. The van der Waals surface area contributed by atoms with Gasteiger partial charge in [0.1, 0.15) is 22.8 Å². The topological polar surface area (TPSA) is 171 Å². The summed E-state index contributed by atoms with van der Waals surface area (Å²) in [5.74, 6) is -3.89. The normalized spacial score (nSPS) is 20.2. The number of phenolic OH excluding ortho intramolecular Hbond substituents is 2. The van der Waals surface area contributed by atoms with Crippen molar-refractivity contribution in [1.82, 2.24) is 4.90 Å². The van der Waals surface area contributed by atoms with E-state index >= 15 is 0 Å². The third-order valence-corrected chi connectivity index (χ3v) is 6.73. The van der Waals surface area contributed by atoms with Crippen LogP contribution in [0.1, 0.15) is 62.4 Å². The first-order valence-electron chi connectivity index (χ1n) is 11.1. The standard InChI is InChI=1S/C25H25NO10/c1-4-26(2)24(33)36-10-15(28)25(34)8-12-16(13(27)9-25)22(31)19-18(21(12)30)20(29)11-6-5-7-14(35-3)17(11)23(19)32/h5-7,13,27,30-31,34H,4,8-10H2,1-3H3. The highest BCUT2D eigenvalue weighted by atomic mass is 16.6. The molecule has 4 N–H and O–H groups in total. The van der Waals surface area contributed by atoms with E-state index in [0.717, 1.165) is 0 Å². The van der Waals surface area contributed by atoms with Crippen molar-refractivity contribution in [3.63, 3.8) is 0 Å². The molecule has 0 radical (unpaired) electrons. The van der Waals surface area contributed by atoms with Crippen LogP contribution in [0.4, 0.5) is 4.79 Å². The number of Topliss-reactive ketones (excluding diaryl/α,β-unsaturated/α-hetero) is 1. The molecule has 2 aliphatic rings. The average molecular weight is 499 g/mol. The van der Waals surface area contributed by atoms with Gasteiger partial charge in [-0.2, -0.15) is 0 Å². The van der Waals surface area contributed by atoms with E-state index in [1.54, 1.807) is 6.92 Å². The fraction of sp³-hybridized carbons (Fsp3) is 0.360. The predicted molar refractivity (Wildman–Crippen MR) is 123 cm³/mol. The first-order valence-corrected chi connectivity index (χ1v) is 11.1. The van der Waals surface area contributed by atoms with Gasteiger partial charge in [-0.25, -0.2) is 4.79 Å². The van der Waals surface area contributed by atoms with E-state index in [-0.39, 0.29) is 28.0 Å². The van der Waals surface area contributed by atoms with Gasteiger partial charge in [0.25, 0.3) is 0 Å². The average Bonchev–Trinajstić information content (AvgIpc) is 2.86. The van der Waals surface area contributed by atoms with Gasteiger partial charge in [-0.05, 0) is 13.0 Å². The van der Waals surface area contributed by atoms with Gasteiger partial charge in [0.05, 0.1) is 29.9 Å². The monoisotopic (exact) mass is 499 g/mol. The van der Waals surface area contributed by atoms with Crippen LogP contribution in [0.5, 0.6) is 17.2 Å². The number of aliphatic hydroxyl groups is 2. The fourth-order valence-electron chi connectivity index (χ4n) is 4.66. The highest BCUT2D eigenvalue weighted by molar-refractivity contribution is 6.31. The van der Waals surface area contributed by atoms with Crippen LogP contribution in [-0.4, -0.2) is 81.7 Å². The molecule has 2 atom stereocenters. The Kier molecular flexibility index (Phi) is 6.23. The number of aliphatic hydroxyl groups excluding tert-OH is 1. The molecule has 0 aromatic heterocycles. The second kappa shape index (κ2) is 8.92. The molecule has 1 amide bonds. The van der Waals surface area contributed by atoms with Crippen LogP contribution in [0.3, 0.4) is 0 Å². The second-order valence-corrected chi connectivity index (χ2v) is 8.80. The smallest absolute Gasteiger partial charge is 0.409 e. The number of fused-ring (bicyclic) bond motifs is 3. The molecule has 2 aliphatic carbocycles. The molecule has 36 heavy (non-hydrogen) atoms. The Bertz CT molecular complexity index is 1320. The SMILES string of the molecule is CCN(C)C(=O)OCC(=O)C1(O)Cc2c(O)c3c(c(O)c2C(O)C1)C(=O)c1c(OC)cccc1C3=O. The Hall–Kier alpha value is -3.96. The number of rotatable bonds is 5. The molecule has 0 fully saturated rings. The summed E-state index contributed by atoms with van der Waals surface area (Å²) >= 11 is 0. The highest BCUT2D eigenvalue weighted by Gasteiger charge is 2.48. The van der Waals surface area contributed by atoms with E-state index in [1.807, 2.05) is 0 Å². The molecular formula is C25H25NO10. The van der Waals surface area contributed by atoms with E-state index in [9.17, 15) is 39.6 Å². The first kappa shape index (κ1) is 25.1. The Morgan fingerprint density at radius 2 is 1.78 bits per heavy atom. The number of phenols is 2. The summed E-state index contributed by atoms with van der Waals surface area (Å²) in [5, 5.41) is 43.9. The van der Waals surface area contributed by atoms with Crippen molar-refractivity contribution < 1.29 is 49.1 Å². The largest absolute Gasteiger partial charge is 0.507 e. The minimum Gasteiger partial charge on any atom is -0.507 e. The number of aromatic hydroxyl groups is 2. The lowest BCUT2D eigenvalue weighted by Crippen LogP contribution is -2.48. The molecule has 2 aromatic rings. The Balaban J connectivity index is 1.77. The van der Waals surface area contributed by atoms with E-state index < -0.39 is 77.2 Å². The number of nitrogens with zero attached hydrogens (tertiary/aromatic N) is 1. The fourth-order valence-corrected chi connectivity index (χ4v) is 4.66. The quantitative estimate of drug-likeness (QED) is 0.375. The Labute approximate surface area is 205 Å². The predicted octanol–water partition coefficient (Wildman–Crippen LogP) is 1.25. The van der Waals surface area contributed by atoms with Gasteiger partial charge >= 0.3 is 6.09 Å². The Morgan fingerprint density at radius 3 is 2.42 bits per heavy atom. The third kappa shape index (κ3) is 3.67. The molecule has 0 spiro atoms. The molecule has 2 unspecified atom stereocenters. The molecule has 0 heterocycles. The van der Waals surface area contributed by atoms with Gasteiger partial charge in [0.2, 0.25) is 11.6 Å². The molecule has 190 valence electrons. The number of carbonyl (C=O) groups is 4. The lowest BCUT2D eigenvalue weighted by Gasteiger charge is -2.37. The summed E-state index contributed by atoms with van der Waals surface area (Å²) in [7, 11) is 2.77. The van der Waals surface area contributed by atoms with Crippen molar-refractivity contribution in [2.75, 3.05) is 27.3 Å². The van der Waals surface area contributed by atoms with Crippen LogP contribution >= 0.6 is 0 Å². The summed E-state index contributed by atoms with van der Waals surface area (Å²) in [5.41, 5.74) is -3.97. The molecule has 0 aliphatic heterocycles. The Morgan fingerprint density at radius 1 is 1.11 bits per heavy atom. The third-order valence-electron chi connectivity index (χ3n) is 6.73. The van der Waals surface area contributed by atoms with Gasteiger partial charge in [0, 0.05) is 43.1 Å². The number of hydrogen-bond donors (Lipinski definition) is 4. The van der Waals surface area contributed by atoms with Crippen molar-refractivity contribution >= 4 is 23.4 Å². The van der Waals surface area contributed by atoms with Crippen molar-refractivity contribution in [1.29, 1.82) is 0 Å². The second-order valence-electron chi connectivity index (χ2n) is 8.80. The maximum absolute atomic E-state index is 13.3. The summed E-state index contributed by atoms with van der Waals surface area (Å²) in [6.45, 7) is 1.22. The summed E-state index contributed by atoms with van der Waals surface area (Å²) < 4.78 is 10.1. The van der Waals surface area contributed by atoms with E-state index in [0.29, 0.717) is 6.54 Å². The van der Waals surface area contributed by atoms with E-state index in [2.05, 4.69) is 0 Å². The van der Waals surface area contributed by atoms with Crippen LogP contribution in [0.25, 0.3) is 0 Å². The minimum atomic E-state index is -2.28. The maximum atomic E-state index is 13.3. The summed E-state index contributed by atoms with van der Waals surface area (Å²) in [6.07, 6.45) is -3.68. The minimum absolute atomic E-state index is 0.0591. The number of methoxy groups -OCH3 is 1. The zero-order valence-electron chi connectivity index (χ0n) is 19.8. The van der Waals surface area contributed by atoms with E-state index in [4.69, 9.17) is 9.47 Å². The van der Waals surface area contributed by atoms with Crippen LogP contribution in [0.15, 0.2) is 18.2 Å². The van der Waals surface area contributed by atoms with E-state index in [1.165, 1.54) is 37.3 Å². The highest BCUT2D eigenvalue weighted by Crippen LogP contribution is 2.51. The number of hydrogen-bond acceptors (Lipinski definition) is 10. The zero-order valence-corrected chi connectivity index (χ0v) is 19.8. The molecule has 11 nitrogen and oxygen atoms in total. The molecular weight excluding hydrogens is 474 g/mol. The van der Waals surface area contributed by atoms with Crippen molar-refractivity contribution in [2.45, 2.75) is 31.5 Å². The lowest BCUT2D eigenvalue weighted by atomic mass is 9.72. The van der Waals surface area contributed by atoms with Crippen LogP contribution < -0.4 is 4.74 Å². The van der Waals surface area contributed by atoms with Gasteiger partial charge in [0.15, 0.2) is 12.4 Å². The van der Waals surface area contributed by atoms with Crippen LogP contribution in [0, 0.1) is 0 Å². The summed E-state index contributed by atoms with van der Waals surface area (Å²) in [6, 6.07) is 4.32. The lowest BCUT2D eigenvalue weighted by molar-refractivity contribution is -0.145. The van der Waals surface area contributed by atoms with Crippen molar-refractivity contribution in [3.05, 3.63) is 51.6 Å². The number of benzene rings is 2. The summed E-state index contributed by atoms with van der Waals surface area (Å²) in [4.78, 5) is 52.5. The molecule has 11 heteroatoms. The van der Waals surface area contributed by atoms with Crippen molar-refractivity contribution in [2.24, 2.45) is 0 Å². The van der Waals surface area contributed by atoms with Crippen LogP contribution in [0.2, 0.25) is 0 Å². The first-order chi connectivity index (χ1) is 17.0. The molecule has 4 rings (SSSR count). The van der Waals surface area contributed by atoms with Gasteiger partial charge in [-0.3, -0.25) is 14.4 Å². The van der Waals surface area contributed by atoms with Gasteiger partial charge in [-0.1, -0.05) is 12.1 Å². The number of ketones is 3. The molecule has 2 aromatic carbocycles. The van der Waals surface area contributed by atoms with Gasteiger partial charge < -0.3 is 34.8 Å². The zero-order chi connectivity index (χ0) is 26.5. The molecule has 0 bridgehead atoms. The maximum Gasteiger partial charge on any atom is 0.409 e. The van der Waals surface area contributed by atoms with Crippen LogP contribution in [-0.2, 0) is 16.0 Å².